The van der Waals surface area contributed by atoms with Crippen molar-refractivity contribution >= 4 is 33.2 Å². The highest BCUT2D eigenvalue weighted by molar-refractivity contribution is 9.10. The van der Waals surface area contributed by atoms with Crippen LogP contribution in [0.3, 0.4) is 0 Å². The van der Waals surface area contributed by atoms with Crippen LogP contribution in [-0.2, 0) is 6.54 Å². The molecule has 4 nitrogen and oxygen atoms in total. The number of aromatic nitrogens is 1. The van der Waals surface area contributed by atoms with E-state index < -0.39 is 0 Å². The van der Waals surface area contributed by atoms with E-state index in [2.05, 4.69) is 26.2 Å². The molecule has 1 heterocycles. The van der Waals surface area contributed by atoms with Crippen molar-refractivity contribution in [3.63, 3.8) is 0 Å². The minimum absolute atomic E-state index is 0.115. The molecule has 1 aromatic carbocycles. The molecule has 0 atom stereocenters. The van der Waals surface area contributed by atoms with Crippen molar-refractivity contribution in [2.45, 2.75) is 13.5 Å². The molecule has 2 rings (SSSR count). The molecule has 18 heavy (non-hydrogen) atoms. The van der Waals surface area contributed by atoms with Crippen LogP contribution in [0.4, 0.5) is 0 Å². The van der Waals surface area contributed by atoms with Gasteiger partial charge in [-0.2, -0.15) is 0 Å². The van der Waals surface area contributed by atoms with E-state index in [1.807, 2.05) is 19.1 Å². The predicted molar refractivity (Wildman–Crippen MR) is 75.0 cm³/mol. The summed E-state index contributed by atoms with van der Waals surface area (Å²) >= 11 is 4.48. The van der Waals surface area contributed by atoms with Gasteiger partial charge in [0.2, 0.25) is 0 Å². The topological polar surface area (TPSA) is 62.0 Å². The zero-order chi connectivity index (χ0) is 13.1. The van der Waals surface area contributed by atoms with Crippen LogP contribution in [0.5, 0.6) is 0 Å². The third-order valence-electron chi connectivity index (χ3n) is 2.45. The highest BCUT2D eigenvalue weighted by atomic mass is 79.9. The van der Waals surface area contributed by atoms with Crippen LogP contribution in [0.1, 0.15) is 21.6 Å². The van der Waals surface area contributed by atoms with Crippen molar-refractivity contribution < 1.29 is 4.79 Å². The number of hydrogen-bond donors (Lipinski definition) is 2. The van der Waals surface area contributed by atoms with E-state index >= 15 is 0 Å². The number of carbonyl (C=O) groups is 1. The Bertz CT molecular complexity index is 633. The molecule has 0 spiro atoms. The molecular weight excluding hydrogens is 316 g/mol. The van der Waals surface area contributed by atoms with Gasteiger partial charge >= 0.3 is 4.87 Å². The maximum Gasteiger partial charge on any atom is 0.304 e. The molecule has 0 fully saturated rings. The minimum Gasteiger partial charge on any atom is -0.346 e. The molecule has 0 aliphatic carbocycles. The van der Waals surface area contributed by atoms with Crippen LogP contribution in [-0.4, -0.2) is 10.9 Å². The zero-order valence-electron chi connectivity index (χ0n) is 9.62. The number of nitrogens with one attached hydrogen (secondary N) is 2. The lowest BCUT2D eigenvalue weighted by atomic mass is 10.1. The van der Waals surface area contributed by atoms with Crippen molar-refractivity contribution in [1.29, 1.82) is 0 Å². The number of H-pyrrole nitrogens is 1. The molecule has 0 aliphatic heterocycles. The van der Waals surface area contributed by atoms with Crippen LogP contribution in [0.15, 0.2) is 32.8 Å². The number of amides is 1. The molecule has 0 aliphatic rings. The minimum atomic E-state index is -0.169. The second kappa shape index (κ2) is 5.49. The van der Waals surface area contributed by atoms with E-state index in [1.54, 1.807) is 11.4 Å². The average Bonchev–Trinajstić information content (AvgIpc) is 2.76. The fourth-order valence-corrected chi connectivity index (χ4v) is 2.52. The Morgan fingerprint density at radius 1 is 1.50 bits per heavy atom. The SMILES string of the molecule is Cc1cccc(C(=O)NCc2csc(=O)[nH]2)c1Br. The van der Waals surface area contributed by atoms with E-state index in [0.29, 0.717) is 17.8 Å². The van der Waals surface area contributed by atoms with Crippen LogP contribution in [0.2, 0.25) is 0 Å². The molecule has 6 heteroatoms. The Balaban J connectivity index is 2.08. The zero-order valence-corrected chi connectivity index (χ0v) is 12.0. The summed E-state index contributed by atoms with van der Waals surface area (Å²) in [6.07, 6.45) is 0. The maximum atomic E-state index is 12.0. The lowest BCUT2D eigenvalue weighted by molar-refractivity contribution is 0.0949. The molecular formula is C12H11BrN2O2S. The van der Waals surface area contributed by atoms with Gasteiger partial charge in [0.1, 0.15) is 0 Å². The van der Waals surface area contributed by atoms with Crippen molar-refractivity contribution in [3.8, 4) is 0 Å². The highest BCUT2D eigenvalue weighted by Crippen LogP contribution is 2.20. The predicted octanol–water partition coefficient (Wildman–Crippen LogP) is 2.44. The lowest BCUT2D eigenvalue weighted by Crippen LogP contribution is -2.23. The molecule has 94 valence electrons. The first-order chi connectivity index (χ1) is 8.58. The van der Waals surface area contributed by atoms with E-state index in [0.717, 1.165) is 21.4 Å². The fraction of sp³-hybridized carbons (Fsp3) is 0.167. The van der Waals surface area contributed by atoms with Gasteiger partial charge in [-0.05, 0) is 34.5 Å². The second-order valence-corrected chi connectivity index (χ2v) is 5.43. The van der Waals surface area contributed by atoms with Gasteiger partial charge in [0.05, 0.1) is 12.1 Å². The van der Waals surface area contributed by atoms with Crippen LogP contribution in [0.25, 0.3) is 0 Å². The maximum absolute atomic E-state index is 12.0. The molecule has 0 saturated carbocycles. The van der Waals surface area contributed by atoms with E-state index in [9.17, 15) is 9.59 Å². The summed E-state index contributed by atoms with van der Waals surface area (Å²) in [5.74, 6) is -0.169. The highest BCUT2D eigenvalue weighted by Gasteiger charge is 2.11. The summed E-state index contributed by atoms with van der Waals surface area (Å²) in [5, 5.41) is 4.47. The molecule has 0 radical (unpaired) electrons. The number of benzene rings is 1. The van der Waals surface area contributed by atoms with Crippen molar-refractivity contribution in [3.05, 3.63) is 54.5 Å². The molecule has 0 bridgehead atoms. The number of carbonyl (C=O) groups excluding carboxylic acids is 1. The monoisotopic (exact) mass is 326 g/mol. The van der Waals surface area contributed by atoms with Gasteiger partial charge in [0.15, 0.2) is 0 Å². The van der Waals surface area contributed by atoms with Gasteiger partial charge in [-0.3, -0.25) is 9.59 Å². The number of halogens is 1. The van der Waals surface area contributed by atoms with Gasteiger partial charge in [-0.25, -0.2) is 0 Å². The molecule has 0 unspecified atom stereocenters. The number of rotatable bonds is 3. The third-order valence-corrected chi connectivity index (χ3v) is 4.22. The van der Waals surface area contributed by atoms with Crippen molar-refractivity contribution in [1.82, 2.24) is 10.3 Å². The summed E-state index contributed by atoms with van der Waals surface area (Å²) in [6.45, 7) is 2.25. The van der Waals surface area contributed by atoms with Crippen LogP contribution in [0, 0.1) is 6.92 Å². The summed E-state index contributed by atoms with van der Waals surface area (Å²) in [6, 6.07) is 5.52. The standard InChI is InChI=1S/C12H11BrN2O2S/c1-7-3-2-4-9(10(7)13)11(16)14-5-8-6-18-12(17)15-8/h2-4,6H,5H2,1H3,(H,14,16)(H,15,17). The van der Waals surface area contributed by atoms with Gasteiger partial charge in [-0.15, -0.1) is 0 Å². The smallest absolute Gasteiger partial charge is 0.304 e. The van der Waals surface area contributed by atoms with E-state index in [4.69, 9.17) is 0 Å². The molecule has 1 aromatic heterocycles. The fourth-order valence-electron chi connectivity index (χ4n) is 1.49. The molecule has 2 aromatic rings. The first-order valence-electron chi connectivity index (χ1n) is 5.28. The Kier molecular flexibility index (Phi) is 3.98. The first-order valence-corrected chi connectivity index (χ1v) is 6.95. The Hall–Kier alpha value is -1.40. The van der Waals surface area contributed by atoms with Crippen LogP contribution < -0.4 is 10.2 Å². The van der Waals surface area contributed by atoms with Gasteiger partial charge in [0, 0.05) is 15.5 Å². The van der Waals surface area contributed by atoms with Gasteiger partial charge in [0.25, 0.3) is 5.91 Å². The summed E-state index contributed by atoms with van der Waals surface area (Å²) in [7, 11) is 0. The summed E-state index contributed by atoms with van der Waals surface area (Å²) in [5.41, 5.74) is 2.31. The molecule has 0 saturated heterocycles. The molecule has 2 N–H and O–H groups in total. The number of hydrogen-bond acceptors (Lipinski definition) is 3. The van der Waals surface area contributed by atoms with Gasteiger partial charge < -0.3 is 10.3 Å². The third kappa shape index (κ3) is 2.88. The van der Waals surface area contributed by atoms with Crippen molar-refractivity contribution in [2.24, 2.45) is 0 Å². The van der Waals surface area contributed by atoms with Gasteiger partial charge in [-0.1, -0.05) is 23.5 Å². The largest absolute Gasteiger partial charge is 0.346 e. The first kappa shape index (κ1) is 13.0. The Labute approximate surface area is 116 Å². The summed E-state index contributed by atoms with van der Waals surface area (Å²) < 4.78 is 0.793. The average molecular weight is 327 g/mol. The van der Waals surface area contributed by atoms with Crippen molar-refractivity contribution in [2.75, 3.05) is 0 Å². The number of aryl methyl sites for hydroxylation is 1. The number of thiazole rings is 1. The quantitative estimate of drug-likeness (QED) is 0.910. The second-order valence-electron chi connectivity index (χ2n) is 3.79. The number of aromatic amines is 1. The lowest BCUT2D eigenvalue weighted by Gasteiger charge is -2.07. The normalized spacial score (nSPS) is 10.3. The van der Waals surface area contributed by atoms with Crippen LogP contribution >= 0.6 is 27.3 Å². The Morgan fingerprint density at radius 3 is 2.94 bits per heavy atom. The summed E-state index contributed by atoms with van der Waals surface area (Å²) in [4.78, 5) is 25.4. The molecule has 1 amide bonds. The van der Waals surface area contributed by atoms with E-state index in [-0.39, 0.29) is 10.8 Å². The Morgan fingerprint density at radius 2 is 2.28 bits per heavy atom. The van der Waals surface area contributed by atoms with E-state index in [1.165, 1.54) is 0 Å².